The van der Waals surface area contributed by atoms with E-state index in [0.29, 0.717) is 28.1 Å². The van der Waals surface area contributed by atoms with E-state index in [4.69, 9.17) is 14.2 Å². The highest BCUT2D eigenvalue weighted by atomic mass is 79.9. The molecule has 1 aromatic carbocycles. The quantitative estimate of drug-likeness (QED) is 0.231. The van der Waals surface area contributed by atoms with Gasteiger partial charge < -0.3 is 18.9 Å². The molecule has 1 N–H and O–H groups in total. The Hall–Kier alpha value is -2.86. The lowest BCUT2D eigenvalue weighted by atomic mass is 10.2. The highest BCUT2D eigenvalue weighted by Crippen LogP contribution is 2.36. The minimum Gasteiger partial charge on any atom is -0.490 e. The Bertz CT molecular complexity index is 947. The molecule has 12 heteroatoms. The standard InChI is InChI=1S/C19H20BrN3O7S/c1-4-28-13-7-11(6-12(20)17(13)30-10-16(25)29-5-2)9-21-23-19-22-18(26)14(31-19)8-15(24)27-3/h6-9H,4-5,10H2,1-3H3,(H,22,23,26)/b14-8+,21-9?. The molecule has 31 heavy (non-hydrogen) atoms. The average Bonchev–Trinajstić information content (AvgIpc) is 3.06. The molecule has 0 aromatic heterocycles. The highest BCUT2D eigenvalue weighted by Gasteiger charge is 2.25. The number of rotatable bonds is 9. The largest absolute Gasteiger partial charge is 0.490 e. The molecule has 1 aliphatic rings. The number of benzene rings is 1. The Labute approximate surface area is 191 Å². The summed E-state index contributed by atoms with van der Waals surface area (Å²) in [5, 5.41) is 10.6. The Balaban J connectivity index is 2.14. The van der Waals surface area contributed by atoms with Gasteiger partial charge in [-0.15, -0.1) is 5.10 Å². The number of methoxy groups -OCH3 is 1. The molecule has 0 bridgehead atoms. The molecule has 0 aliphatic carbocycles. The molecular formula is C19H20BrN3O7S. The van der Waals surface area contributed by atoms with Crippen LogP contribution < -0.4 is 14.8 Å². The van der Waals surface area contributed by atoms with Crippen LogP contribution in [0.5, 0.6) is 11.5 Å². The van der Waals surface area contributed by atoms with Crippen LogP contribution in [0.25, 0.3) is 0 Å². The molecule has 0 radical (unpaired) electrons. The summed E-state index contributed by atoms with van der Waals surface area (Å²) in [5.41, 5.74) is 0.628. The molecule has 0 unspecified atom stereocenters. The minimum absolute atomic E-state index is 0.158. The van der Waals surface area contributed by atoms with E-state index >= 15 is 0 Å². The van der Waals surface area contributed by atoms with E-state index in [1.54, 1.807) is 19.1 Å². The smallest absolute Gasteiger partial charge is 0.344 e. The molecular weight excluding hydrogens is 494 g/mol. The minimum atomic E-state index is -0.638. The van der Waals surface area contributed by atoms with Crippen molar-refractivity contribution in [1.82, 2.24) is 5.32 Å². The number of carbonyl (C=O) groups excluding carboxylic acids is 3. The SMILES string of the molecule is CCOC(=O)COc1c(Br)cc(C=N/N=C2/NC(=O)/C(=C\C(=O)OC)S2)cc1OCC. The summed E-state index contributed by atoms with van der Waals surface area (Å²) in [6.07, 6.45) is 2.52. The average molecular weight is 514 g/mol. The van der Waals surface area contributed by atoms with Crippen molar-refractivity contribution in [2.45, 2.75) is 13.8 Å². The van der Waals surface area contributed by atoms with E-state index in [-0.39, 0.29) is 23.3 Å². The van der Waals surface area contributed by atoms with Crippen LogP contribution in [0.1, 0.15) is 19.4 Å². The van der Waals surface area contributed by atoms with Gasteiger partial charge >= 0.3 is 11.9 Å². The summed E-state index contributed by atoms with van der Waals surface area (Å²) in [4.78, 5) is 34.8. The van der Waals surface area contributed by atoms with Gasteiger partial charge in [-0.25, -0.2) is 9.59 Å². The van der Waals surface area contributed by atoms with Crippen LogP contribution in [-0.2, 0) is 23.9 Å². The summed E-state index contributed by atoms with van der Waals surface area (Å²) in [6.45, 7) is 3.91. The summed E-state index contributed by atoms with van der Waals surface area (Å²) >= 11 is 4.36. The fourth-order valence-electron chi connectivity index (χ4n) is 2.19. The fourth-order valence-corrected chi connectivity index (χ4v) is 3.50. The zero-order valence-corrected chi connectivity index (χ0v) is 19.4. The molecule has 1 fully saturated rings. The van der Waals surface area contributed by atoms with Gasteiger partial charge in [0.2, 0.25) is 0 Å². The number of amides is 1. The van der Waals surface area contributed by atoms with Crippen LogP contribution in [-0.4, -0.2) is 56.2 Å². The van der Waals surface area contributed by atoms with Crippen molar-refractivity contribution in [3.05, 3.63) is 33.2 Å². The predicted molar refractivity (Wildman–Crippen MR) is 118 cm³/mol. The third-order valence-corrected chi connectivity index (χ3v) is 4.92. The molecule has 1 amide bonds. The maximum absolute atomic E-state index is 11.8. The van der Waals surface area contributed by atoms with Crippen molar-refractivity contribution >= 4 is 56.9 Å². The van der Waals surface area contributed by atoms with Crippen LogP contribution in [0, 0.1) is 0 Å². The van der Waals surface area contributed by atoms with Crippen LogP contribution in [0.2, 0.25) is 0 Å². The van der Waals surface area contributed by atoms with Gasteiger partial charge in [0.1, 0.15) is 0 Å². The molecule has 0 saturated carbocycles. The van der Waals surface area contributed by atoms with Crippen molar-refractivity contribution in [3.8, 4) is 11.5 Å². The van der Waals surface area contributed by atoms with E-state index in [9.17, 15) is 14.4 Å². The molecule has 1 aromatic rings. The van der Waals surface area contributed by atoms with Gasteiger partial charge in [0, 0.05) is 6.08 Å². The van der Waals surface area contributed by atoms with Gasteiger partial charge in [0.05, 0.1) is 35.9 Å². The van der Waals surface area contributed by atoms with Crippen LogP contribution >= 0.6 is 27.7 Å². The number of nitrogens with zero attached hydrogens (tertiary/aromatic N) is 2. The summed E-state index contributed by atoms with van der Waals surface area (Å²) in [6, 6.07) is 3.37. The number of halogens is 1. The van der Waals surface area contributed by atoms with Crippen molar-refractivity contribution in [3.63, 3.8) is 0 Å². The van der Waals surface area contributed by atoms with Crippen LogP contribution in [0.4, 0.5) is 0 Å². The van der Waals surface area contributed by atoms with Crippen molar-refractivity contribution in [1.29, 1.82) is 0 Å². The predicted octanol–water partition coefficient (Wildman–Crippen LogP) is 2.40. The molecule has 1 aliphatic heterocycles. The molecule has 166 valence electrons. The fraction of sp³-hybridized carbons (Fsp3) is 0.316. The number of thioether (sulfide) groups is 1. The number of hydrogen-bond acceptors (Lipinski definition) is 10. The van der Waals surface area contributed by atoms with Gasteiger partial charge in [0.15, 0.2) is 23.3 Å². The summed E-state index contributed by atoms with van der Waals surface area (Å²) in [7, 11) is 1.22. The molecule has 1 heterocycles. The first-order valence-electron chi connectivity index (χ1n) is 9.02. The summed E-state index contributed by atoms with van der Waals surface area (Å²) < 4.78 is 21.0. The molecule has 1 saturated heterocycles. The van der Waals surface area contributed by atoms with Gasteiger partial charge in [-0.05, 0) is 59.2 Å². The maximum Gasteiger partial charge on any atom is 0.344 e. The van der Waals surface area contributed by atoms with Crippen molar-refractivity contribution in [2.75, 3.05) is 26.9 Å². The Morgan fingerprint density at radius 1 is 1.23 bits per heavy atom. The first-order valence-corrected chi connectivity index (χ1v) is 10.6. The lowest BCUT2D eigenvalue weighted by Crippen LogP contribution is -2.19. The van der Waals surface area contributed by atoms with E-state index < -0.39 is 17.8 Å². The lowest BCUT2D eigenvalue weighted by molar-refractivity contribution is -0.145. The zero-order chi connectivity index (χ0) is 22.8. The van der Waals surface area contributed by atoms with Crippen molar-refractivity contribution in [2.24, 2.45) is 10.2 Å². The van der Waals surface area contributed by atoms with E-state index in [1.807, 2.05) is 6.92 Å². The van der Waals surface area contributed by atoms with E-state index in [2.05, 4.69) is 36.2 Å². The van der Waals surface area contributed by atoms with Gasteiger partial charge in [-0.1, -0.05) is 0 Å². The number of nitrogens with one attached hydrogen (secondary N) is 1. The normalized spacial score (nSPS) is 15.9. The highest BCUT2D eigenvalue weighted by molar-refractivity contribution is 9.10. The van der Waals surface area contributed by atoms with Gasteiger partial charge in [-0.3, -0.25) is 10.1 Å². The van der Waals surface area contributed by atoms with Gasteiger partial charge in [-0.2, -0.15) is 5.10 Å². The lowest BCUT2D eigenvalue weighted by Gasteiger charge is -2.14. The second kappa shape index (κ2) is 12.1. The second-order valence-electron chi connectivity index (χ2n) is 5.59. The Morgan fingerprint density at radius 2 is 2.00 bits per heavy atom. The van der Waals surface area contributed by atoms with Crippen molar-refractivity contribution < 1.29 is 33.3 Å². The third kappa shape index (κ3) is 7.40. The second-order valence-corrected chi connectivity index (χ2v) is 7.48. The number of amidine groups is 1. The molecule has 10 nitrogen and oxygen atoms in total. The first kappa shape index (κ1) is 24.4. The Morgan fingerprint density at radius 3 is 2.68 bits per heavy atom. The molecule has 0 atom stereocenters. The van der Waals surface area contributed by atoms with Crippen LogP contribution in [0.3, 0.4) is 0 Å². The third-order valence-electron chi connectivity index (χ3n) is 3.43. The number of carbonyl (C=O) groups is 3. The topological polar surface area (TPSA) is 125 Å². The Kier molecular flexibility index (Phi) is 9.53. The van der Waals surface area contributed by atoms with E-state index in [1.165, 1.54) is 13.3 Å². The number of esters is 2. The zero-order valence-electron chi connectivity index (χ0n) is 17.0. The number of ether oxygens (including phenoxy) is 4. The monoisotopic (exact) mass is 513 g/mol. The van der Waals surface area contributed by atoms with Crippen LogP contribution in [0.15, 0.2) is 37.8 Å². The number of hydrogen-bond donors (Lipinski definition) is 1. The molecule has 0 spiro atoms. The maximum atomic E-state index is 11.8. The first-order chi connectivity index (χ1) is 14.9. The molecule has 2 rings (SSSR count). The van der Waals surface area contributed by atoms with Gasteiger partial charge in [0.25, 0.3) is 5.91 Å². The van der Waals surface area contributed by atoms with E-state index in [0.717, 1.165) is 17.8 Å². The summed E-state index contributed by atoms with van der Waals surface area (Å²) in [5.74, 6) is -0.832.